The van der Waals surface area contributed by atoms with Crippen LogP contribution in [0.2, 0.25) is 0 Å². The number of ether oxygens (including phenoxy) is 1. The maximum absolute atomic E-state index is 11.6. The summed E-state index contributed by atoms with van der Waals surface area (Å²) in [6, 6.07) is 0. The minimum absolute atomic E-state index is 0.0227. The zero-order valence-corrected chi connectivity index (χ0v) is 13.6. The van der Waals surface area contributed by atoms with E-state index in [0.29, 0.717) is 0 Å². The van der Waals surface area contributed by atoms with Gasteiger partial charge in [-0.05, 0) is 19.4 Å². The van der Waals surface area contributed by atoms with Gasteiger partial charge in [-0.25, -0.2) is 4.98 Å². The van der Waals surface area contributed by atoms with Gasteiger partial charge in [0.2, 0.25) is 0 Å². The lowest BCUT2D eigenvalue weighted by Crippen LogP contribution is -2.38. The molecule has 1 aliphatic rings. The number of thiazole rings is 1. The van der Waals surface area contributed by atoms with Gasteiger partial charge in [-0.15, -0.1) is 11.3 Å². The fourth-order valence-electron chi connectivity index (χ4n) is 2.51. The monoisotopic (exact) mass is 296 g/mol. The number of likely N-dealkylation sites (tertiary alicyclic amines) is 1. The van der Waals surface area contributed by atoms with Gasteiger partial charge in [-0.2, -0.15) is 0 Å². The van der Waals surface area contributed by atoms with E-state index in [2.05, 4.69) is 31.1 Å². The molecule has 1 aromatic heterocycles. The van der Waals surface area contributed by atoms with Crippen molar-refractivity contribution in [3.8, 4) is 0 Å². The quantitative estimate of drug-likeness (QED) is 0.804. The Balaban J connectivity index is 1.96. The van der Waals surface area contributed by atoms with E-state index in [-0.39, 0.29) is 17.3 Å². The molecule has 0 N–H and O–H groups in total. The summed E-state index contributed by atoms with van der Waals surface area (Å²) >= 11 is 1.73. The number of hydrogen-bond donors (Lipinski definition) is 0. The van der Waals surface area contributed by atoms with Crippen LogP contribution in [0, 0.1) is 5.92 Å². The molecular weight excluding hydrogens is 272 g/mol. The van der Waals surface area contributed by atoms with Crippen LogP contribution in [0.3, 0.4) is 0 Å². The molecule has 1 atom stereocenters. The van der Waals surface area contributed by atoms with Gasteiger partial charge in [-0.1, -0.05) is 20.8 Å². The fourth-order valence-corrected chi connectivity index (χ4v) is 3.41. The molecule has 20 heavy (non-hydrogen) atoms. The maximum atomic E-state index is 11.6. The summed E-state index contributed by atoms with van der Waals surface area (Å²) in [6.45, 7) is 9.21. The van der Waals surface area contributed by atoms with Gasteiger partial charge < -0.3 is 4.74 Å². The lowest BCUT2D eigenvalue weighted by molar-refractivity contribution is -0.147. The number of hydrogen-bond acceptors (Lipinski definition) is 5. The Kier molecular flexibility index (Phi) is 4.81. The Bertz CT molecular complexity index is 465. The number of nitrogens with zero attached hydrogens (tertiary/aromatic N) is 2. The van der Waals surface area contributed by atoms with Gasteiger partial charge >= 0.3 is 5.97 Å². The molecule has 0 spiro atoms. The number of methoxy groups -OCH3 is 1. The van der Waals surface area contributed by atoms with Crippen molar-refractivity contribution >= 4 is 17.3 Å². The highest BCUT2D eigenvalue weighted by Crippen LogP contribution is 2.27. The van der Waals surface area contributed by atoms with Crippen LogP contribution in [0.4, 0.5) is 0 Å². The summed E-state index contributed by atoms with van der Waals surface area (Å²) in [6.07, 6.45) is 1.99. The molecule has 0 amide bonds. The van der Waals surface area contributed by atoms with Crippen LogP contribution in [0.15, 0.2) is 5.38 Å². The van der Waals surface area contributed by atoms with Crippen molar-refractivity contribution in [2.45, 2.75) is 45.6 Å². The molecule has 0 unspecified atom stereocenters. The highest BCUT2D eigenvalue weighted by molar-refractivity contribution is 7.09. The second kappa shape index (κ2) is 6.22. The van der Waals surface area contributed by atoms with Gasteiger partial charge in [0.1, 0.15) is 0 Å². The van der Waals surface area contributed by atoms with Gasteiger partial charge in [0.25, 0.3) is 0 Å². The number of piperidine rings is 1. The first-order chi connectivity index (χ1) is 9.40. The molecule has 1 saturated heterocycles. The summed E-state index contributed by atoms with van der Waals surface area (Å²) in [5.41, 5.74) is 1.23. The van der Waals surface area contributed by atoms with Crippen molar-refractivity contribution in [2.75, 3.05) is 20.2 Å². The molecule has 0 aliphatic carbocycles. The van der Waals surface area contributed by atoms with Crippen LogP contribution in [0.25, 0.3) is 0 Å². The third-order valence-corrected chi connectivity index (χ3v) is 4.94. The smallest absolute Gasteiger partial charge is 0.309 e. The van der Waals surface area contributed by atoms with E-state index >= 15 is 0 Å². The zero-order valence-electron chi connectivity index (χ0n) is 12.8. The average Bonchev–Trinajstić information content (AvgIpc) is 2.86. The van der Waals surface area contributed by atoms with Crippen molar-refractivity contribution in [1.29, 1.82) is 0 Å². The van der Waals surface area contributed by atoms with E-state index in [4.69, 9.17) is 9.72 Å². The second-order valence-corrected chi connectivity index (χ2v) is 7.35. The van der Waals surface area contributed by atoms with Crippen molar-refractivity contribution in [3.63, 3.8) is 0 Å². The third kappa shape index (κ3) is 3.79. The molecule has 5 heteroatoms. The first-order valence-electron chi connectivity index (χ1n) is 7.15. The van der Waals surface area contributed by atoms with Gasteiger partial charge in [0.15, 0.2) is 0 Å². The van der Waals surface area contributed by atoms with Crippen LogP contribution < -0.4 is 0 Å². The number of rotatable bonds is 3. The van der Waals surface area contributed by atoms with Gasteiger partial charge in [0, 0.05) is 23.9 Å². The molecule has 112 valence electrons. The minimum atomic E-state index is -0.0802. The fraction of sp³-hybridized carbons (Fsp3) is 0.733. The highest BCUT2D eigenvalue weighted by atomic mass is 32.1. The van der Waals surface area contributed by atoms with Crippen molar-refractivity contribution < 1.29 is 9.53 Å². The number of carbonyl (C=O) groups excluding carboxylic acids is 1. The van der Waals surface area contributed by atoms with E-state index in [1.54, 1.807) is 11.3 Å². The summed E-state index contributed by atoms with van der Waals surface area (Å²) in [5, 5.41) is 3.32. The zero-order chi connectivity index (χ0) is 14.8. The molecule has 0 radical (unpaired) electrons. The molecule has 0 bridgehead atoms. The summed E-state index contributed by atoms with van der Waals surface area (Å²) in [5.74, 6) is -0.0576. The second-order valence-electron chi connectivity index (χ2n) is 6.49. The summed E-state index contributed by atoms with van der Waals surface area (Å²) in [7, 11) is 1.47. The largest absolute Gasteiger partial charge is 0.469 e. The number of aromatic nitrogens is 1. The van der Waals surface area contributed by atoms with E-state index in [1.165, 1.54) is 12.1 Å². The van der Waals surface area contributed by atoms with E-state index in [9.17, 15) is 4.79 Å². The topological polar surface area (TPSA) is 42.4 Å². The summed E-state index contributed by atoms with van der Waals surface area (Å²) < 4.78 is 4.86. The Morgan fingerprint density at radius 1 is 1.55 bits per heavy atom. The normalized spacial score (nSPS) is 20.9. The molecule has 1 aliphatic heterocycles. The SMILES string of the molecule is COC(=O)[C@H]1CCCN(Cc2csc(C(C)(C)C)n2)C1. The van der Waals surface area contributed by atoms with Crippen LogP contribution in [-0.4, -0.2) is 36.1 Å². The number of carbonyl (C=O) groups is 1. The highest BCUT2D eigenvalue weighted by Gasteiger charge is 2.27. The molecule has 2 rings (SSSR count). The molecule has 1 fully saturated rings. The molecule has 1 aromatic rings. The first kappa shape index (κ1) is 15.4. The Morgan fingerprint density at radius 3 is 2.90 bits per heavy atom. The molecule has 0 saturated carbocycles. The predicted octanol–water partition coefficient (Wildman–Crippen LogP) is 2.83. The Morgan fingerprint density at radius 2 is 2.30 bits per heavy atom. The standard InChI is InChI=1S/C15H24N2O2S/c1-15(2,3)14-16-12(10-20-14)9-17-7-5-6-11(8-17)13(18)19-4/h10-11H,5-9H2,1-4H3/t11-/m0/s1. The van der Waals surface area contributed by atoms with Crippen LogP contribution >= 0.6 is 11.3 Å². The van der Waals surface area contributed by atoms with Crippen molar-refractivity contribution in [3.05, 3.63) is 16.1 Å². The molecule has 0 aromatic carbocycles. The van der Waals surface area contributed by atoms with E-state index in [1.807, 2.05) is 0 Å². The van der Waals surface area contributed by atoms with E-state index in [0.717, 1.165) is 38.2 Å². The lowest BCUT2D eigenvalue weighted by Gasteiger charge is -2.30. The minimum Gasteiger partial charge on any atom is -0.469 e. The Hall–Kier alpha value is -0.940. The maximum Gasteiger partial charge on any atom is 0.309 e. The molecular formula is C15H24N2O2S. The predicted molar refractivity (Wildman–Crippen MR) is 80.8 cm³/mol. The molecule has 2 heterocycles. The lowest BCUT2D eigenvalue weighted by atomic mass is 9.98. The first-order valence-corrected chi connectivity index (χ1v) is 8.03. The van der Waals surface area contributed by atoms with Crippen LogP contribution in [0.5, 0.6) is 0 Å². The van der Waals surface area contributed by atoms with Crippen molar-refractivity contribution in [1.82, 2.24) is 9.88 Å². The van der Waals surface area contributed by atoms with Crippen LogP contribution in [0.1, 0.15) is 44.3 Å². The van der Waals surface area contributed by atoms with Crippen molar-refractivity contribution in [2.24, 2.45) is 5.92 Å². The third-order valence-electron chi connectivity index (χ3n) is 3.62. The number of esters is 1. The van der Waals surface area contributed by atoms with Crippen LogP contribution in [-0.2, 0) is 21.5 Å². The van der Waals surface area contributed by atoms with Gasteiger partial charge in [0.05, 0.1) is 23.7 Å². The van der Waals surface area contributed by atoms with E-state index < -0.39 is 0 Å². The molecule has 4 nitrogen and oxygen atoms in total. The Labute approximate surface area is 125 Å². The van der Waals surface area contributed by atoms with Gasteiger partial charge in [-0.3, -0.25) is 9.69 Å². The summed E-state index contributed by atoms with van der Waals surface area (Å²) in [4.78, 5) is 18.7. The average molecular weight is 296 g/mol.